The topological polar surface area (TPSA) is 95.1 Å². The van der Waals surface area contributed by atoms with Crippen LogP contribution in [0, 0.1) is 17.6 Å². The maximum Gasteiger partial charge on any atom is 0.227 e. The summed E-state index contributed by atoms with van der Waals surface area (Å²) in [7, 11) is 0. The number of hydrogen-bond donors (Lipinski definition) is 1. The van der Waals surface area contributed by atoms with Crippen molar-refractivity contribution in [2.45, 2.75) is 6.42 Å². The van der Waals surface area contributed by atoms with Crippen molar-refractivity contribution in [2.24, 2.45) is 11.0 Å². The van der Waals surface area contributed by atoms with Crippen molar-refractivity contribution in [1.82, 2.24) is 0 Å². The van der Waals surface area contributed by atoms with Crippen LogP contribution in [0.5, 0.6) is 0 Å². The standard InChI is InChI=1S/C11H11F2N5O/c12-7-2-8(13)11(14)9(3-7)18-5-6(1-10(18)19)4-16-17-15/h2-3,6H,1,4-5,14H2. The van der Waals surface area contributed by atoms with E-state index in [-0.39, 0.29) is 42.7 Å². The second-order valence-corrected chi connectivity index (χ2v) is 4.31. The van der Waals surface area contributed by atoms with Gasteiger partial charge in [-0.1, -0.05) is 5.11 Å². The van der Waals surface area contributed by atoms with Gasteiger partial charge in [0.25, 0.3) is 0 Å². The third kappa shape index (κ3) is 2.58. The van der Waals surface area contributed by atoms with Crippen molar-refractivity contribution < 1.29 is 13.6 Å². The van der Waals surface area contributed by atoms with Crippen LogP contribution >= 0.6 is 0 Å². The van der Waals surface area contributed by atoms with E-state index in [2.05, 4.69) is 10.0 Å². The SMILES string of the molecule is [N-]=[N+]=NCC1CC(=O)N(c2cc(F)cc(F)c2N)C1. The van der Waals surface area contributed by atoms with E-state index in [9.17, 15) is 13.6 Å². The molecule has 1 fully saturated rings. The molecule has 1 saturated heterocycles. The fourth-order valence-corrected chi connectivity index (χ4v) is 2.08. The minimum atomic E-state index is -0.902. The van der Waals surface area contributed by atoms with Crippen molar-refractivity contribution in [3.63, 3.8) is 0 Å². The number of rotatable bonds is 3. The Balaban J connectivity index is 2.28. The number of amides is 1. The molecule has 1 aromatic rings. The first-order valence-corrected chi connectivity index (χ1v) is 5.58. The van der Waals surface area contributed by atoms with Gasteiger partial charge in [-0.25, -0.2) is 8.78 Å². The first-order valence-electron chi connectivity index (χ1n) is 5.58. The highest BCUT2D eigenvalue weighted by molar-refractivity contribution is 5.98. The van der Waals surface area contributed by atoms with Gasteiger partial charge in [-0.2, -0.15) is 0 Å². The van der Waals surface area contributed by atoms with Gasteiger partial charge in [0, 0.05) is 30.5 Å². The molecule has 6 nitrogen and oxygen atoms in total. The molecular weight excluding hydrogens is 256 g/mol. The van der Waals surface area contributed by atoms with Gasteiger partial charge < -0.3 is 10.6 Å². The summed E-state index contributed by atoms with van der Waals surface area (Å²) >= 11 is 0. The highest BCUT2D eigenvalue weighted by atomic mass is 19.1. The third-order valence-electron chi connectivity index (χ3n) is 2.97. The number of halogens is 2. The molecule has 1 aromatic carbocycles. The molecule has 2 rings (SSSR count). The Hall–Kier alpha value is -2.34. The van der Waals surface area contributed by atoms with Crippen LogP contribution in [-0.2, 0) is 4.79 Å². The van der Waals surface area contributed by atoms with Gasteiger partial charge in [-0.05, 0) is 17.5 Å². The molecule has 0 spiro atoms. The maximum absolute atomic E-state index is 13.4. The molecule has 1 atom stereocenters. The Morgan fingerprint density at radius 3 is 2.95 bits per heavy atom. The van der Waals surface area contributed by atoms with Crippen LogP contribution in [0.25, 0.3) is 10.4 Å². The number of nitrogens with zero attached hydrogens (tertiary/aromatic N) is 4. The lowest BCUT2D eigenvalue weighted by Crippen LogP contribution is -2.26. The number of nitrogens with two attached hydrogens (primary N) is 1. The molecule has 8 heteroatoms. The fraction of sp³-hybridized carbons (Fsp3) is 0.364. The first-order chi connectivity index (χ1) is 9.02. The molecule has 0 bridgehead atoms. The van der Waals surface area contributed by atoms with E-state index < -0.39 is 11.6 Å². The van der Waals surface area contributed by atoms with Gasteiger partial charge in [-0.3, -0.25) is 4.79 Å². The zero-order chi connectivity index (χ0) is 14.0. The molecule has 0 radical (unpaired) electrons. The predicted molar refractivity (Wildman–Crippen MR) is 65.2 cm³/mol. The number of carbonyl (C=O) groups excluding carboxylic acids is 1. The second kappa shape index (κ2) is 5.11. The van der Waals surface area contributed by atoms with Crippen LogP contribution in [0.4, 0.5) is 20.2 Å². The van der Waals surface area contributed by atoms with E-state index >= 15 is 0 Å². The largest absolute Gasteiger partial charge is 0.395 e. The van der Waals surface area contributed by atoms with Crippen LogP contribution in [-0.4, -0.2) is 19.0 Å². The Kier molecular flexibility index (Phi) is 3.52. The molecule has 0 aliphatic carbocycles. The van der Waals surface area contributed by atoms with Gasteiger partial charge in [0.05, 0.1) is 11.4 Å². The number of azide groups is 1. The number of benzene rings is 1. The number of carbonyl (C=O) groups is 1. The fourth-order valence-electron chi connectivity index (χ4n) is 2.08. The number of anilines is 2. The van der Waals surface area contributed by atoms with Crippen molar-refractivity contribution >= 4 is 17.3 Å². The molecule has 19 heavy (non-hydrogen) atoms. The zero-order valence-electron chi connectivity index (χ0n) is 9.88. The Bertz CT molecular complexity index is 570. The van der Waals surface area contributed by atoms with Gasteiger partial charge in [0.2, 0.25) is 5.91 Å². The smallest absolute Gasteiger partial charge is 0.227 e. The average molecular weight is 267 g/mol. The lowest BCUT2D eigenvalue weighted by Gasteiger charge is -2.19. The average Bonchev–Trinajstić information content (AvgIpc) is 2.72. The lowest BCUT2D eigenvalue weighted by atomic mass is 10.1. The van der Waals surface area contributed by atoms with Crippen LogP contribution in [0.15, 0.2) is 17.2 Å². The summed E-state index contributed by atoms with van der Waals surface area (Å²) in [6, 6.07) is 1.68. The third-order valence-corrected chi connectivity index (χ3v) is 2.97. The van der Waals surface area contributed by atoms with Crippen LogP contribution in [0.1, 0.15) is 6.42 Å². The molecule has 0 aromatic heterocycles. The Labute approximate surface area is 107 Å². The first kappa shape index (κ1) is 13.1. The quantitative estimate of drug-likeness (QED) is 0.393. The van der Waals surface area contributed by atoms with Gasteiger partial charge in [0.1, 0.15) is 5.82 Å². The summed E-state index contributed by atoms with van der Waals surface area (Å²) in [5.41, 5.74) is 13.5. The van der Waals surface area contributed by atoms with Gasteiger partial charge >= 0.3 is 0 Å². The van der Waals surface area contributed by atoms with Crippen molar-refractivity contribution in [2.75, 3.05) is 23.7 Å². The molecule has 1 aliphatic rings. The van der Waals surface area contributed by atoms with Crippen LogP contribution in [0.2, 0.25) is 0 Å². The molecule has 1 aliphatic heterocycles. The van der Waals surface area contributed by atoms with E-state index in [1.807, 2.05) is 0 Å². The lowest BCUT2D eigenvalue weighted by molar-refractivity contribution is -0.117. The van der Waals surface area contributed by atoms with Gasteiger partial charge in [-0.15, -0.1) is 0 Å². The highest BCUT2D eigenvalue weighted by Gasteiger charge is 2.32. The van der Waals surface area contributed by atoms with E-state index in [0.717, 1.165) is 6.07 Å². The summed E-state index contributed by atoms with van der Waals surface area (Å²) in [6.45, 7) is 0.390. The predicted octanol–water partition coefficient (Wildman–Crippen LogP) is 2.21. The Morgan fingerprint density at radius 1 is 1.53 bits per heavy atom. The van der Waals surface area contributed by atoms with Crippen LogP contribution < -0.4 is 10.6 Å². The van der Waals surface area contributed by atoms with Crippen molar-refractivity contribution in [3.05, 3.63) is 34.2 Å². The minimum absolute atomic E-state index is 0.0194. The Morgan fingerprint density at radius 2 is 2.26 bits per heavy atom. The summed E-state index contributed by atoms with van der Waals surface area (Å²) in [5, 5.41) is 3.40. The minimum Gasteiger partial charge on any atom is -0.395 e. The van der Waals surface area contributed by atoms with E-state index in [4.69, 9.17) is 11.3 Å². The molecule has 1 amide bonds. The summed E-state index contributed by atoms with van der Waals surface area (Å²) in [4.78, 5) is 15.7. The molecule has 0 saturated carbocycles. The molecule has 1 unspecified atom stereocenters. The van der Waals surface area contributed by atoms with E-state index in [1.165, 1.54) is 4.90 Å². The monoisotopic (exact) mass is 267 g/mol. The normalized spacial score (nSPS) is 18.5. The molecule has 2 N–H and O–H groups in total. The van der Waals surface area contributed by atoms with E-state index in [1.54, 1.807) is 0 Å². The highest BCUT2D eigenvalue weighted by Crippen LogP contribution is 2.32. The number of hydrogen-bond acceptors (Lipinski definition) is 3. The van der Waals surface area contributed by atoms with Gasteiger partial charge in [0.15, 0.2) is 5.82 Å². The summed E-state index contributed by atoms with van der Waals surface area (Å²) in [5.74, 6) is -2.17. The zero-order valence-corrected chi connectivity index (χ0v) is 9.88. The van der Waals surface area contributed by atoms with Crippen molar-refractivity contribution in [1.29, 1.82) is 0 Å². The van der Waals surface area contributed by atoms with Crippen molar-refractivity contribution in [3.8, 4) is 0 Å². The molecular formula is C11H11F2N5O. The summed E-state index contributed by atoms with van der Waals surface area (Å²) in [6.07, 6.45) is 0.163. The van der Waals surface area contributed by atoms with Crippen LogP contribution in [0.3, 0.4) is 0 Å². The van der Waals surface area contributed by atoms with E-state index in [0.29, 0.717) is 6.07 Å². The second-order valence-electron chi connectivity index (χ2n) is 4.31. The number of nitrogen functional groups attached to an aromatic ring is 1. The molecule has 100 valence electrons. The maximum atomic E-state index is 13.4. The summed E-state index contributed by atoms with van der Waals surface area (Å²) < 4.78 is 26.5. The molecule has 1 heterocycles.